The summed E-state index contributed by atoms with van der Waals surface area (Å²) in [7, 11) is 0. The van der Waals surface area contributed by atoms with E-state index in [9.17, 15) is 9.18 Å². The molecule has 0 unspecified atom stereocenters. The summed E-state index contributed by atoms with van der Waals surface area (Å²) in [6.45, 7) is 5.33. The summed E-state index contributed by atoms with van der Waals surface area (Å²) in [4.78, 5) is 12.4. The molecule has 1 aromatic carbocycles. The van der Waals surface area contributed by atoms with Crippen molar-refractivity contribution in [3.05, 3.63) is 29.6 Å². The van der Waals surface area contributed by atoms with Crippen molar-refractivity contribution in [3.63, 3.8) is 0 Å². The Labute approximate surface area is 99.2 Å². The zero-order valence-corrected chi connectivity index (χ0v) is 10.7. The highest BCUT2D eigenvalue weighted by Crippen LogP contribution is 2.20. The molecule has 0 radical (unpaired) electrons. The SMILES string of the molecule is CSc1cc(F)cc(C(=O)OC(C)(C)C)c1. The van der Waals surface area contributed by atoms with Gasteiger partial charge in [0, 0.05) is 4.90 Å². The fraction of sp³-hybridized carbons (Fsp3) is 0.417. The van der Waals surface area contributed by atoms with E-state index in [0.717, 1.165) is 0 Å². The van der Waals surface area contributed by atoms with E-state index in [1.54, 1.807) is 26.8 Å². The quantitative estimate of drug-likeness (QED) is 0.586. The molecule has 0 fully saturated rings. The molecule has 1 aromatic rings. The van der Waals surface area contributed by atoms with Crippen LogP contribution in [0, 0.1) is 5.82 Å². The monoisotopic (exact) mass is 242 g/mol. The van der Waals surface area contributed by atoms with Crippen molar-refractivity contribution in [2.24, 2.45) is 0 Å². The Hall–Kier alpha value is -1.03. The first-order chi connectivity index (χ1) is 7.31. The Morgan fingerprint density at radius 2 is 1.94 bits per heavy atom. The van der Waals surface area contributed by atoms with Gasteiger partial charge in [-0.15, -0.1) is 11.8 Å². The Morgan fingerprint density at radius 3 is 2.44 bits per heavy atom. The molecule has 0 saturated carbocycles. The lowest BCUT2D eigenvalue weighted by molar-refractivity contribution is 0.00687. The Bertz CT molecular complexity index is 396. The zero-order chi connectivity index (χ0) is 12.3. The Balaban J connectivity index is 2.95. The minimum absolute atomic E-state index is 0.249. The number of carbonyl (C=O) groups excluding carboxylic acids is 1. The van der Waals surface area contributed by atoms with E-state index in [4.69, 9.17) is 4.74 Å². The number of hydrogen-bond acceptors (Lipinski definition) is 3. The van der Waals surface area contributed by atoms with E-state index in [0.29, 0.717) is 4.90 Å². The molecule has 1 rings (SSSR count). The van der Waals surface area contributed by atoms with Crippen molar-refractivity contribution >= 4 is 17.7 Å². The van der Waals surface area contributed by atoms with Crippen LogP contribution in [-0.2, 0) is 4.74 Å². The van der Waals surface area contributed by atoms with E-state index in [2.05, 4.69) is 0 Å². The third-order valence-corrected chi connectivity index (χ3v) is 2.45. The van der Waals surface area contributed by atoms with E-state index < -0.39 is 17.4 Å². The molecular formula is C12H15FO2S. The number of esters is 1. The number of halogens is 1. The second-order valence-corrected chi connectivity index (χ2v) is 5.26. The first-order valence-corrected chi connectivity index (χ1v) is 6.12. The lowest BCUT2D eigenvalue weighted by Gasteiger charge is -2.19. The number of rotatable bonds is 2. The van der Waals surface area contributed by atoms with E-state index in [1.165, 1.54) is 23.9 Å². The van der Waals surface area contributed by atoms with Crippen LogP contribution >= 0.6 is 11.8 Å². The summed E-state index contributed by atoms with van der Waals surface area (Å²) in [6.07, 6.45) is 1.83. The molecule has 2 nitrogen and oxygen atoms in total. The summed E-state index contributed by atoms with van der Waals surface area (Å²) in [5.74, 6) is -0.921. The van der Waals surface area contributed by atoms with Gasteiger partial charge in [-0.2, -0.15) is 0 Å². The third kappa shape index (κ3) is 3.85. The number of carbonyl (C=O) groups is 1. The van der Waals surface area contributed by atoms with Crippen LogP contribution in [0.3, 0.4) is 0 Å². The van der Waals surface area contributed by atoms with Crippen LogP contribution in [0.25, 0.3) is 0 Å². The normalized spacial score (nSPS) is 11.3. The molecule has 0 aliphatic rings. The number of hydrogen-bond donors (Lipinski definition) is 0. The second-order valence-electron chi connectivity index (χ2n) is 4.38. The van der Waals surface area contributed by atoms with Crippen LogP contribution in [-0.4, -0.2) is 17.8 Å². The highest BCUT2D eigenvalue weighted by Gasteiger charge is 2.18. The van der Waals surface area contributed by atoms with Crippen molar-refractivity contribution in [2.75, 3.05) is 6.26 Å². The van der Waals surface area contributed by atoms with Gasteiger partial charge in [0.25, 0.3) is 0 Å². The van der Waals surface area contributed by atoms with E-state index >= 15 is 0 Å². The van der Waals surface area contributed by atoms with Gasteiger partial charge in [0.1, 0.15) is 11.4 Å². The van der Waals surface area contributed by atoms with Crippen molar-refractivity contribution < 1.29 is 13.9 Å². The first kappa shape index (κ1) is 13.0. The topological polar surface area (TPSA) is 26.3 Å². The standard InChI is InChI=1S/C12H15FO2S/c1-12(2,3)15-11(14)8-5-9(13)7-10(6-8)16-4/h5-7H,1-4H3. The summed E-state index contributed by atoms with van der Waals surface area (Å²) in [5.41, 5.74) is -0.317. The molecule has 0 spiro atoms. The average molecular weight is 242 g/mol. The molecule has 0 aliphatic carbocycles. The number of benzene rings is 1. The smallest absolute Gasteiger partial charge is 0.338 e. The minimum atomic E-state index is -0.567. The maximum Gasteiger partial charge on any atom is 0.338 e. The molecular weight excluding hydrogens is 227 g/mol. The number of thioether (sulfide) groups is 1. The van der Waals surface area contributed by atoms with Gasteiger partial charge < -0.3 is 4.74 Å². The predicted octanol–water partition coefficient (Wildman–Crippen LogP) is 3.50. The molecule has 16 heavy (non-hydrogen) atoms. The largest absolute Gasteiger partial charge is 0.456 e. The van der Waals surface area contributed by atoms with Crippen LogP contribution in [0.2, 0.25) is 0 Å². The molecule has 0 aliphatic heterocycles. The van der Waals surface area contributed by atoms with Gasteiger partial charge in [0.05, 0.1) is 5.56 Å². The van der Waals surface area contributed by atoms with Gasteiger partial charge in [-0.25, -0.2) is 9.18 Å². The summed E-state index contributed by atoms with van der Waals surface area (Å²) < 4.78 is 18.4. The van der Waals surface area contributed by atoms with Gasteiger partial charge in [0.15, 0.2) is 0 Å². The highest BCUT2D eigenvalue weighted by atomic mass is 32.2. The van der Waals surface area contributed by atoms with Gasteiger partial charge in [-0.05, 0) is 45.2 Å². The van der Waals surface area contributed by atoms with Crippen molar-refractivity contribution in [1.29, 1.82) is 0 Å². The summed E-state index contributed by atoms with van der Waals surface area (Å²) in [6, 6.07) is 4.20. The van der Waals surface area contributed by atoms with Crippen molar-refractivity contribution in [1.82, 2.24) is 0 Å². The maximum atomic E-state index is 13.2. The summed E-state index contributed by atoms with van der Waals surface area (Å²) in [5, 5.41) is 0. The number of ether oxygens (including phenoxy) is 1. The molecule has 4 heteroatoms. The second kappa shape index (κ2) is 4.87. The predicted molar refractivity (Wildman–Crippen MR) is 63.3 cm³/mol. The molecule has 0 heterocycles. The fourth-order valence-electron chi connectivity index (χ4n) is 1.14. The molecule has 0 saturated heterocycles. The van der Waals surface area contributed by atoms with Crippen LogP contribution in [0.15, 0.2) is 23.1 Å². The molecule has 0 aromatic heterocycles. The lowest BCUT2D eigenvalue weighted by Crippen LogP contribution is -2.24. The van der Waals surface area contributed by atoms with Crippen LogP contribution in [0.4, 0.5) is 4.39 Å². The molecule has 88 valence electrons. The molecule has 0 bridgehead atoms. The average Bonchev–Trinajstić information content (AvgIpc) is 2.14. The van der Waals surface area contributed by atoms with Crippen molar-refractivity contribution in [3.8, 4) is 0 Å². The molecule has 0 atom stereocenters. The highest BCUT2D eigenvalue weighted by molar-refractivity contribution is 7.98. The zero-order valence-electron chi connectivity index (χ0n) is 9.83. The minimum Gasteiger partial charge on any atom is -0.456 e. The Morgan fingerprint density at radius 1 is 1.31 bits per heavy atom. The maximum absolute atomic E-state index is 13.2. The van der Waals surface area contributed by atoms with E-state index in [1.807, 2.05) is 6.26 Å². The van der Waals surface area contributed by atoms with Gasteiger partial charge in [-0.1, -0.05) is 0 Å². The van der Waals surface area contributed by atoms with Crippen molar-refractivity contribution in [2.45, 2.75) is 31.3 Å². The first-order valence-electron chi connectivity index (χ1n) is 4.90. The Kier molecular flexibility index (Phi) is 3.97. The lowest BCUT2D eigenvalue weighted by atomic mass is 10.1. The van der Waals surface area contributed by atoms with Gasteiger partial charge >= 0.3 is 5.97 Å². The molecule has 0 amide bonds. The summed E-state index contributed by atoms with van der Waals surface area (Å²) >= 11 is 1.38. The fourth-order valence-corrected chi connectivity index (χ4v) is 1.61. The van der Waals surface area contributed by atoms with Crippen LogP contribution in [0.1, 0.15) is 31.1 Å². The van der Waals surface area contributed by atoms with Gasteiger partial charge in [-0.3, -0.25) is 0 Å². The van der Waals surface area contributed by atoms with E-state index in [-0.39, 0.29) is 5.56 Å². The third-order valence-electron chi connectivity index (χ3n) is 1.74. The molecule has 0 N–H and O–H groups in total. The van der Waals surface area contributed by atoms with Crippen LogP contribution < -0.4 is 0 Å². The van der Waals surface area contributed by atoms with Gasteiger partial charge in [0.2, 0.25) is 0 Å². The van der Waals surface area contributed by atoms with Crippen LogP contribution in [0.5, 0.6) is 0 Å².